The van der Waals surface area contributed by atoms with Gasteiger partial charge in [-0.25, -0.2) is 18.1 Å². The summed E-state index contributed by atoms with van der Waals surface area (Å²) in [7, 11) is -5.32. The molecule has 0 atom stereocenters. The first kappa shape index (κ1) is 20.5. The third kappa shape index (κ3) is 3.79. The van der Waals surface area contributed by atoms with E-state index in [0.717, 1.165) is 5.69 Å². The molecule has 1 aliphatic rings. The van der Waals surface area contributed by atoms with Crippen molar-refractivity contribution in [1.29, 1.82) is 0 Å². The van der Waals surface area contributed by atoms with E-state index in [2.05, 4.69) is 4.98 Å². The normalized spacial score (nSPS) is 14.6. The predicted octanol–water partition coefficient (Wildman–Crippen LogP) is 1.93. The van der Waals surface area contributed by atoms with Crippen molar-refractivity contribution in [1.82, 2.24) is 19.0 Å². The molecule has 0 spiro atoms. The van der Waals surface area contributed by atoms with E-state index < -0.39 is 15.5 Å². The molecule has 1 amide bonds. The lowest BCUT2D eigenvalue weighted by Gasteiger charge is -2.27. The van der Waals surface area contributed by atoms with Crippen LogP contribution >= 0.6 is 12.4 Å². The number of rotatable bonds is 6. The van der Waals surface area contributed by atoms with Crippen molar-refractivity contribution in [2.75, 3.05) is 13.1 Å². The molecule has 0 aliphatic carbocycles. The van der Waals surface area contributed by atoms with Gasteiger partial charge >= 0.3 is 15.5 Å². The number of unbranched alkanes of at least 4 members (excludes halogenated alkanes) is 1. The number of pyridine rings is 1. The number of nitrogens with zero attached hydrogens (tertiary/aromatic N) is 3. The quantitative estimate of drug-likeness (QED) is 0.735. The largest absolute Gasteiger partial charge is 0.511 e. The lowest BCUT2D eigenvalue weighted by molar-refractivity contribution is -0.0447. The Bertz CT molecular complexity index is 914. The summed E-state index contributed by atoms with van der Waals surface area (Å²) in [5, 5.41) is 0. The molecule has 0 saturated heterocycles. The van der Waals surface area contributed by atoms with Gasteiger partial charge in [0.05, 0.1) is 12.7 Å². The number of carbonyl (C=O) groups excluding carboxylic acids is 1. The van der Waals surface area contributed by atoms with E-state index in [1.54, 1.807) is 15.4 Å². The van der Waals surface area contributed by atoms with E-state index in [4.69, 9.17) is 0 Å². The lowest BCUT2D eigenvalue weighted by Crippen LogP contribution is -2.38. The van der Waals surface area contributed by atoms with Crippen LogP contribution in [0.2, 0.25) is 0 Å². The van der Waals surface area contributed by atoms with Gasteiger partial charge in [-0.05, 0) is 25.0 Å². The Kier molecular flexibility index (Phi) is 5.83. The second-order valence-corrected chi connectivity index (χ2v) is 7.39. The molecule has 2 aromatic heterocycles. The maximum atomic E-state index is 12.4. The van der Waals surface area contributed by atoms with Gasteiger partial charge in [-0.1, -0.05) is 6.07 Å². The minimum Gasteiger partial charge on any atom is -0.331 e. The highest BCUT2D eigenvalue weighted by atomic mass is 35.5. The van der Waals surface area contributed by atoms with Crippen LogP contribution in [0.3, 0.4) is 0 Å². The molecule has 1 N–H and O–H groups in total. The van der Waals surface area contributed by atoms with Crippen LogP contribution in [0.5, 0.6) is 0 Å². The Morgan fingerprint density at radius 3 is 2.65 bits per heavy atom. The molecule has 144 valence electrons. The molecule has 0 radical (unpaired) electrons. The third-order valence-electron chi connectivity index (χ3n) is 3.92. The molecular weight excluding hydrogens is 397 g/mol. The van der Waals surface area contributed by atoms with Crippen LogP contribution in [0.1, 0.15) is 29.0 Å². The molecule has 0 aromatic carbocycles. The smallest absolute Gasteiger partial charge is 0.331 e. The summed E-state index contributed by atoms with van der Waals surface area (Å²) in [5.41, 5.74) is -3.30. The van der Waals surface area contributed by atoms with Crippen LogP contribution in [-0.2, 0) is 16.6 Å². The Balaban J connectivity index is 0.00000243. The minimum atomic E-state index is -5.32. The number of alkyl halides is 3. The second-order valence-electron chi connectivity index (χ2n) is 5.63. The summed E-state index contributed by atoms with van der Waals surface area (Å²) < 4.78 is 61.6. The van der Waals surface area contributed by atoms with Crippen molar-refractivity contribution < 1.29 is 26.4 Å². The Hall–Kier alpha value is -1.85. The molecule has 3 rings (SSSR count). The van der Waals surface area contributed by atoms with Gasteiger partial charge in [0.1, 0.15) is 11.3 Å². The summed E-state index contributed by atoms with van der Waals surface area (Å²) in [6.07, 6.45) is 2.05. The van der Waals surface area contributed by atoms with E-state index in [0.29, 0.717) is 30.9 Å². The van der Waals surface area contributed by atoms with Gasteiger partial charge in [-0.2, -0.15) is 13.2 Å². The van der Waals surface area contributed by atoms with E-state index in [-0.39, 0.29) is 31.3 Å². The molecule has 2 aromatic rings. The maximum absolute atomic E-state index is 12.4. The second kappa shape index (κ2) is 7.41. The van der Waals surface area contributed by atoms with Crippen LogP contribution in [0.4, 0.5) is 13.2 Å². The highest BCUT2D eigenvalue weighted by molar-refractivity contribution is 7.90. The highest BCUT2D eigenvalue weighted by Crippen LogP contribution is 2.22. The van der Waals surface area contributed by atoms with Gasteiger partial charge in [-0.3, -0.25) is 9.20 Å². The monoisotopic (exact) mass is 412 g/mol. The van der Waals surface area contributed by atoms with Crippen molar-refractivity contribution in [3.05, 3.63) is 35.8 Å². The fraction of sp³-hybridized carbons (Fsp3) is 0.429. The standard InChI is InChI=1S/C14H15F3N4O3S.ClH/c15-14(16,17)25(23,24)19-6-1-2-7-20-9-10-4-3-5-12-18-8-11(13(20)22)21(10)12;/h3-5,8,19H,1-2,6-7,9H2;1H. The van der Waals surface area contributed by atoms with E-state index in [9.17, 15) is 26.4 Å². The zero-order valence-electron chi connectivity index (χ0n) is 13.4. The van der Waals surface area contributed by atoms with Gasteiger partial charge in [0.2, 0.25) is 0 Å². The molecule has 12 heteroatoms. The van der Waals surface area contributed by atoms with E-state index in [1.807, 2.05) is 12.1 Å². The molecule has 0 bridgehead atoms. The fourth-order valence-electron chi connectivity index (χ4n) is 2.71. The molecule has 1 aliphatic heterocycles. The zero-order chi connectivity index (χ0) is 18.2. The summed E-state index contributed by atoms with van der Waals surface area (Å²) >= 11 is 0. The predicted molar refractivity (Wildman–Crippen MR) is 89.4 cm³/mol. The maximum Gasteiger partial charge on any atom is 0.511 e. The molecular formula is C14H16ClF3N4O3S. The Morgan fingerprint density at radius 2 is 1.96 bits per heavy atom. The van der Waals surface area contributed by atoms with Crippen molar-refractivity contribution in [3.63, 3.8) is 0 Å². The summed E-state index contributed by atoms with van der Waals surface area (Å²) in [6.45, 7) is 0.347. The fourth-order valence-corrected chi connectivity index (χ4v) is 3.28. The Morgan fingerprint density at radius 1 is 1.23 bits per heavy atom. The summed E-state index contributed by atoms with van der Waals surface area (Å²) in [5.74, 6) is -0.206. The van der Waals surface area contributed by atoms with Gasteiger partial charge in [0.15, 0.2) is 0 Å². The number of imidazole rings is 1. The van der Waals surface area contributed by atoms with Crippen LogP contribution in [0, 0.1) is 0 Å². The molecule has 0 saturated carbocycles. The number of aromatic nitrogens is 2. The first-order valence-electron chi connectivity index (χ1n) is 7.51. The van der Waals surface area contributed by atoms with Crippen LogP contribution in [0.15, 0.2) is 24.4 Å². The van der Waals surface area contributed by atoms with Gasteiger partial charge in [0.25, 0.3) is 5.91 Å². The van der Waals surface area contributed by atoms with Crippen LogP contribution < -0.4 is 4.72 Å². The number of amides is 1. The lowest BCUT2D eigenvalue weighted by atomic mass is 10.2. The van der Waals surface area contributed by atoms with E-state index in [1.165, 1.54) is 10.9 Å². The average Bonchev–Trinajstić information content (AvgIpc) is 2.96. The topological polar surface area (TPSA) is 83.8 Å². The van der Waals surface area contributed by atoms with Crippen molar-refractivity contribution in [3.8, 4) is 0 Å². The molecule has 3 heterocycles. The number of nitrogens with one attached hydrogen (secondary N) is 1. The molecule has 0 fully saturated rings. The first-order valence-corrected chi connectivity index (χ1v) is 8.99. The number of hydrogen-bond donors (Lipinski definition) is 1. The van der Waals surface area contributed by atoms with Crippen molar-refractivity contribution >= 4 is 34.0 Å². The molecule has 26 heavy (non-hydrogen) atoms. The number of halogens is 4. The number of carbonyl (C=O) groups is 1. The third-order valence-corrected chi connectivity index (χ3v) is 5.11. The summed E-state index contributed by atoms with van der Waals surface area (Å²) in [4.78, 5) is 18.2. The van der Waals surface area contributed by atoms with Gasteiger partial charge in [0, 0.05) is 18.8 Å². The van der Waals surface area contributed by atoms with E-state index >= 15 is 0 Å². The molecule has 7 nitrogen and oxygen atoms in total. The number of hydrogen-bond acceptors (Lipinski definition) is 4. The Labute approximate surface area is 153 Å². The van der Waals surface area contributed by atoms with Crippen molar-refractivity contribution in [2.45, 2.75) is 24.9 Å². The van der Waals surface area contributed by atoms with Gasteiger partial charge in [-0.15, -0.1) is 12.4 Å². The molecule has 0 unspecified atom stereocenters. The number of sulfonamides is 1. The van der Waals surface area contributed by atoms with Gasteiger partial charge < -0.3 is 4.90 Å². The highest BCUT2D eigenvalue weighted by Gasteiger charge is 2.45. The minimum absolute atomic E-state index is 0. The SMILES string of the molecule is Cl.O=C1c2cnc3cccc(n23)CN1CCCCNS(=O)(=O)C(F)(F)F. The zero-order valence-corrected chi connectivity index (χ0v) is 15.0. The van der Waals surface area contributed by atoms with Crippen molar-refractivity contribution in [2.24, 2.45) is 0 Å². The first-order chi connectivity index (χ1) is 11.7. The van der Waals surface area contributed by atoms with Crippen LogP contribution in [-0.4, -0.2) is 47.2 Å². The summed E-state index contributed by atoms with van der Waals surface area (Å²) in [6, 6.07) is 5.50. The average molecular weight is 413 g/mol. The van der Waals surface area contributed by atoms with Crippen LogP contribution in [0.25, 0.3) is 5.65 Å².